The second kappa shape index (κ2) is 13.7. The molecule has 260 valence electrons. The first-order chi connectivity index (χ1) is 24.0. The van der Waals surface area contributed by atoms with E-state index in [1.165, 1.54) is 6.92 Å². The average Bonchev–Trinajstić information content (AvgIpc) is 3.60. The van der Waals surface area contributed by atoms with Crippen molar-refractivity contribution in [3.8, 4) is 11.5 Å². The number of nitrogens with one attached hydrogen (secondary N) is 2. The Kier molecular flexibility index (Phi) is 9.38. The lowest BCUT2D eigenvalue weighted by Crippen LogP contribution is -2.65. The van der Waals surface area contributed by atoms with E-state index >= 15 is 0 Å². The van der Waals surface area contributed by atoms with Gasteiger partial charge in [-0.1, -0.05) is 54.6 Å². The van der Waals surface area contributed by atoms with Crippen LogP contribution in [0.1, 0.15) is 37.0 Å². The molecule has 0 spiro atoms. The molecule has 3 heterocycles. The first kappa shape index (κ1) is 34.2. The molecule has 0 bridgehead atoms. The molecule has 3 aromatic rings. The number of carbonyl (C=O) groups is 4. The van der Waals surface area contributed by atoms with Crippen LogP contribution >= 0.6 is 0 Å². The molecular formula is C35H35N5O10. The molecule has 3 aliphatic rings. The number of benzene rings is 3. The lowest BCUT2D eigenvalue weighted by atomic mass is 9.80. The number of amides is 4. The molecule has 0 saturated carbocycles. The second-order valence-corrected chi connectivity index (χ2v) is 11.7. The van der Waals surface area contributed by atoms with Gasteiger partial charge in [-0.3, -0.25) is 25.0 Å². The van der Waals surface area contributed by atoms with Gasteiger partial charge in [-0.2, -0.15) is 9.98 Å². The third kappa shape index (κ3) is 6.17. The van der Waals surface area contributed by atoms with Gasteiger partial charge >= 0.3 is 17.8 Å². The number of esters is 1. The number of methoxy groups -OCH3 is 2. The molecule has 0 radical (unpaired) electrons. The zero-order valence-electron chi connectivity index (χ0n) is 27.6. The highest BCUT2D eigenvalue weighted by atomic mass is 16.6. The van der Waals surface area contributed by atoms with Gasteiger partial charge in [0.2, 0.25) is 17.6 Å². The van der Waals surface area contributed by atoms with Gasteiger partial charge in [0.15, 0.2) is 0 Å². The highest BCUT2D eigenvalue weighted by Gasteiger charge is 2.62. The molecule has 3 aromatic carbocycles. The summed E-state index contributed by atoms with van der Waals surface area (Å²) in [7, 11) is 3.15. The minimum absolute atomic E-state index is 0.179. The molecule has 1 fully saturated rings. The maximum atomic E-state index is 13.4. The Bertz CT molecular complexity index is 1800. The Morgan fingerprint density at radius 2 is 1.54 bits per heavy atom. The molecule has 0 unspecified atom stereocenters. The lowest BCUT2D eigenvalue weighted by molar-refractivity contribution is -0.178. The number of hydrogen-bond acceptors (Lipinski definition) is 11. The van der Waals surface area contributed by atoms with E-state index in [4.69, 9.17) is 23.7 Å². The number of hydrogen-bond donors (Lipinski definition) is 3. The van der Waals surface area contributed by atoms with Gasteiger partial charge in [0.1, 0.15) is 29.4 Å². The van der Waals surface area contributed by atoms with Gasteiger partial charge in [0, 0.05) is 20.3 Å². The fourth-order valence-electron chi connectivity index (χ4n) is 6.29. The molecule has 1 saturated heterocycles. The summed E-state index contributed by atoms with van der Waals surface area (Å²) in [6, 6.07) is 23.3. The Hall–Kier alpha value is -5.64. The summed E-state index contributed by atoms with van der Waals surface area (Å²) in [5.41, 5.74) is 0.487. The molecule has 0 aromatic heterocycles. The molecule has 50 heavy (non-hydrogen) atoms. The van der Waals surface area contributed by atoms with E-state index in [0.717, 1.165) is 28.5 Å². The highest BCUT2D eigenvalue weighted by molar-refractivity contribution is 6.48. The van der Waals surface area contributed by atoms with E-state index in [-0.39, 0.29) is 19.0 Å². The van der Waals surface area contributed by atoms with Crippen LogP contribution in [0.25, 0.3) is 0 Å². The maximum Gasteiger partial charge on any atom is 0.351 e. The molecule has 0 aliphatic carbocycles. The van der Waals surface area contributed by atoms with Crippen LogP contribution in [0, 0.1) is 0 Å². The zero-order valence-corrected chi connectivity index (χ0v) is 27.6. The monoisotopic (exact) mass is 685 g/mol. The fourth-order valence-corrected chi connectivity index (χ4v) is 6.29. The van der Waals surface area contributed by atoms with Crippen LogP contribution in [0.2, 0.25) is 0 Å². The van der Waals surface area contributed by atoms with Crippen molar-refractivity contribution in [1.29, 1.82) is 0 Å². The summed E-state index contributed by atoms with van der Waals surface area (Å²) in [5.74, 6) is -3.90. The summed E-state index contributed by atoms with van der Waals surface area (Å²) in [6.07, 6.45) is -3.68. The summed E-state index contributed by atoms with van der Waals surface area (Å²) in [5, 5.41) is 16.0. The first-order valence-electron chi connectivity index (χ1n) is 15.6. The molecule has 3 aliphatic heterocycles. The number of fused-ring (bicyclic) bond motifs is 1. The molecule has 15 nitrogen and oxygen atoms in total. The first-order valence-corrected chi connectivity index (χ1v) is 15.6. The van der Waals surface area contributed by atoms with E-state index in [0.29, 0.717) is 11.5 Å². The maximum absolute atomic E-state index is 13.4. The van der Waals surface area contributed by atoms with Gasteiger partial charge in [0.25, 0.3) is 5.91 Å². The number of carbonyl (C=O) groups excluding carboxylic acids is 4. The quantitative estimate of drug-likeness (QED) is 0.211. The van der Waals surface area contributed by atoms with Crippen molar-refractivity contribution in [2.24, 2.45) is 9.98 Å². The van der Waals surface area contributed by atoms with Crippen molar-refractivity contribution in [1.82, 2.24) is 15.5 Å². The van der Waals surface area contributed by atoms with Gasteiger partial charge in [-0.25, -0.2) is 9.69 Å². The number of urea groups is 1. The molecule has 15 heteroatoms. The average molecular weight is 686 g/mol. The number of rotatable bonds is 10. The SMILES string of the molecule is COc1ccc(C(OC[C@H]2O[C@@H](N3C(=O)N=C4C(=O)NC(NC(C)=O)=N[C@]43OC(C)=O)C[C@@H]2O)(c2ccccc2)c2ccc(OC)cc2)cc1. The highest BCUT2D eigenvalue weighted by Crippen LogP contribution is 2.43. The predicted octanol–water partition coefficient (Wildman–Crippen LogP) is 2.20. The zero-order chi connectivity index (χ0) is 35.6. The summed E-state index contributed by atoms with van der Waals surface area (Å²) >= 11 is 0. The second-order valence-electron chi connectivity index (χ2n) is 11.7. The Morgan fingerprint density at radius 3 is 2.08 bits per heavy atom. The molecule has 3 N–H and O–H groups in total. The van der Waals surface area contributed by atoms with E-state index < -0.39 is 59.4 Å². The van der Waals surface area contributed by atoms with Crippen molar-refractivity contribution in [2.45, 2.75) is 50.2 Å². The molecular weight excluding hydrogens is 650 g/mol. The number of guanidine groups is 1. The van der Waals surface area contributed by atoms with Crippen LogP contribution in [-0.2, 0) is 34.2 Å². The van der Waals surface area contributed by atoms with E-state index in [2.05, 4.69) is 20.6 Å². The van der Waals surface area contributed by atoms with Crippen LogP contribution in [0.5, 0.6) is 11.5 Å². The summed E-state index contributed by atoms with van der Waals surface area (Å²) < 4.78 is 29.4. The van der Waals surface area contributed by atoms with Crippen molar-refractivity contribution in [3.63, 3.8) is 0 Å². The topological polar surface area (TPSA) is 187 Å². The number of aliphatic hydroxyl groups excluding tert-OH is 1. The molecule has 6 rings (SSSR count). The van der Waals surface area contributed by atoms with Gasteiger partial charge in [-0.05, 0) is 41.0 Å². The van der Waals surface area contributed by atoms with E-state index in [9.17, 15) is 24.3 Å². The van der Waals surface area contributed by atoms with Crippen LogP contribution < -0.4 is 20.1 Å². The van der Waals surface area contributed by atoms with Gasteiger partial charge < -0.3 is 28.8 Å². The summed E-state index contributed by atoms with van der Waals surface area (Å²) in [6.45, 7) is 2.06. The van der Waals surface area contributed by atoms with Crippen molar-refractivity contribution >= 4 is 35.5 Å². The largest absolute Gasteiger partial charge is 0.497 e. The van der Waals surface area contributed by atoms with Crippen LogP contribution in [0.15, 0.2) is 88.8 Å². The minimum atomic E-state index is -2.40. The number of ether oxygens (including phenoxy) is 5. The Morgan fingerprint density at radius 1 is 0.960 bits per heavy atom. The Labute approximate surface area is 286 Å². The third-order valence-electron chi connectivity index (χ3n) is 8.47. The van der Waals surface area contributed by atoms with Crippen molar-refractivity contribution < 1.29 is 48.0 Å². The molecule has 4 amide bonds. The number of aliphatic imine (C=N–C) groups is 2. The van der Waals surface area contributed by atoms with Crippen molar-refractivity contribution in [3.05, 3.63) is 95.6 Å². The number of aliphatic hydroxyl groups is 1. The fraction of sp³-hybridized carbons (Fsp3) is 0.314. The number of nitrogens with zero attached hydrogens (tertiary/aromatic N) is 3. The predicted molar refractivity (Wildman–Crippen MR) is 176 cm³/mol. The van der Waals surface area contributed by atoms with Gasteiger partial charge in [-0.15, -0.1) is 0 Å². The van der Waals surface area contributed by atoms with Gasteiger partial charge in [0.05, 0.1) is 26.9 Å². The Balaban J connectivity index is 1.36. The summed E-state index contributed by atoms with van der Waals surface area (Å²) in [4.78, 5) is 59.5. The van der Waals surface area contributed by atoms with Crippen LogP contribution in [0.3, 0.4) is 0 Å². The van der Waals surface area contributed by atoms with E-state index in [1.807, 2.05) is 78.9 Å². The van der Waals surface area contributed by atoms with Crippen molar-refractivity contribution in [2.75, 3.05) is 20.8 Å². The van der Waals surface area contributed by atoms with Crippen LogP contribution in [-0.4, -0.2) is 90.6 Å². The third-order valence-corrected chi connectivity index (χ3v) is 8.47. The molecule has 4 atom stereocenters. The van der Waals surface area contributed by atoms with E-state index in [1.54, 1.807) is 14.2 Å². The normalized spacial score (nSPS) is 23.0. The smallest absolute Gasteiger partial charge is 0.351 e. The minimum Gasteiger partial charge on any atom is -0.497 e. The standard InChI is InChI=1S/C35H35N5O10/c1-20(41)36-32-38-31(44)30-35(39-32,50-21(2)42)40(33(45)37-30)29-18-27(43)28(49-29)19-48-34(22-8-6-5-7-9-22,23-10-14-25(46-3)15-11-23)24-12-16-26(47-4)17-13-24/h5-17,27-29,43H,18-19H2,1-4H3,(H2,36,38,39,41,44)/t27-,28+,29+,35+/m0/s1. The van der Waals surface area contributed by atoms with Crippen LogP contribution in [0.4, 0.5) is 4.79 Å². The lowest BCUT2D eigenvalue weighted by Gasteiger charge is -2.39.